The molecule has 154 valence electrons. The number of aliphatic hydroxyl groups excluding tert-OH is 1. The standard InChI is InChI=1S/C20H19N5O5/c21-18(28)15-5-6-16(24-15)20(30)23-14-3-1-2-13(10-14)22-19(29)12-4-7-17(27)25(11-12)8-9-26/h1-7,10-11,24,26H,8-9H2,(H2,21,28)(H,22,29)(H,23,30). The van der Waals surface area contributed by atoms with E-state index in [0.29, 0.717) is 11.4 Å². The van der Waals surface area contributed by atoms with Gasteiger partial charge in [0.1, 0.15) is 11.4 Å². The van der Waals surface area contributed by atoms with Crippen LogP contribution in [0.25, 0.3) is 0 Å². The Hall–Kier alpha value is -4.18. The van der Waals surface area contributed by atoms with E-state index in [1.807, 2.05) is 0 Å². The van der Waals surface area contributed by atoms with E-state index in [1.165, 1.54) is 35.0 Å². The van der Waals surface area contributed by atoms with Crippen LogP contribution in [-0.4, -0.2) is 39.0 Å². The first-order valence-corrected chi connectivity index (χ1v) is 8.90. The third-order valence-corrected chi connectivity index (χ3v) is 4.16. The van der Waals surface area contributed by atoms with Gasteiger partial charge in [0, 0.05) is 30.2 Å². The van der Waals surface area contributed by atoms with Crippen LogP contribution in [-0.2, 0) is 6.54 Å². The molecule has 2 heterocycles. The minimum atomic E-state index is -0.677. The van der Waals surface area contributed by atoms with Crippen LogP contribution in [0.1, 0.15) is 31.3 Å². The summed E-state index contributed by atoms with van der Waals surface area (Å²) in [6.07, 6.45) is 1.36. The van der Waals surface area contributed by atoms with Gasteiger partial charge in [-0.05, 0) is 36.4 Å². The lowest BCUT2D eigenvalue weighted by atomic mass is 10.2. The van der Waals surface area contributed by atoms with E-state index in [-0.39, 0.29) is 35.7 Å². The molecule has 10 nitrogen and oxygen atoms in total. The average molecular weight is 409 g/mol. The van der Waals surface area contributed by atoms with Crippen LogP contribution in [0.4, 0.5) is 11.4 Å². The van der Waals surface area contributed by atoms with Crippen molar-refractivity contribution in [3.8, 4) is 0 Å². The van der Waals surface area contributed by atoms with E-state index in [2.05, 4.69) is 15.6 Å². The fraction of sp³-hybridized carbons (Fsp3) is 0.100. The van der Waals surface area contributed by atoms with Crippen LogP contribution >= 0.6 is 0 Å². The van der Waals surface area contributed by atoms with Crippen LogP contribution in [0.15, 0.2) is 59.5 Å². The van der Waals surface area contributed by atoms with Crippen molar-refractivity contribution in [1.82, 2.24) is 9.55 Å². The highest BCUT2D eigenvalue weighted by atomic mass is 16.3. The van der Waals surface area contributed by atoms with Crippen molar-refractivity contribution in [3.63, 3.8) is 0 Å². The minimum Gasteiger partial charge on any atom is -0.395 e. The maximum atomic E-state index is 12.5. The molecule has 1 aromatic carbocycles. The number of nitrogens with two attached hydrogens (primary N) is 1. The van der Waals surface area contributed by atoms with E-state index in [0.717, 1.165) is 0 Å². The number of primary amides is 1. The van der Waals surface area contributed by atoms with Crippen LogP contribution < -0.4 is 21.9 Å². The molecule has 0 aliphatic rings. The molecule has 6 N–H and O–H groups in total. The van der Waals surface area contributed by atoms with Crippen molar-refractivity contribution in [1.29, 1.82) is 0 Å². The van der Waals surface area contributed by atoms with Crippen LogP contribution in [0, 0.1) is 0 Å². The summed E-state index contributed by atoms with van der Waals surface area (Å²) in [5.41, 5.74) is 6.17. The van der Waals surface area contributed by atoms with E-state index in [9.17, 15) is 19.2 Å². The quantitative estimate of drug-likeness (QED) is 0.389. The Labute approximate surface area is 170 Å². The van der Waals surface area contributed by atoms with E-state index < -0.39 is 17.7 Å². The highest BCUT2D eigenvalue weighted by Gasteiger charge is 2.12. The number of aliphatic hydroxyl groups is 1. The van der Waals surface area contributed by atoms with Gasteiger partial charge in [-0.25, -0.2) is 0 Å². The summed E-state index contributed by atoms with van der Waals surface area (Å²) in [7, 11) is 0. The molecule has 0 saturated heterocycles. The summed E-state index contributed by atoms with van der Waals surface area (Å²) in [6, 6.07) is 11.9. The zero-order valence-electron chi connectivity index (χ0n) is 15.7. The molecular formula is C20H19N5O5. The Balaban J connectivity index is 1.71. The SMILES string of the molecule is NC(=O)c1ccc(C(=O)Nc2cccc(NC(=O)c3ccc(=O)n(CCO)c3)c2)[nH]1. The monoisotopic (exact) mass is 409 g/mol. The van der Waals surface area contributed by atoms with Crippen molar-refractivity contribution in [2.24, 2.45) is 5.73 Å². The average Bonchev–Trinajstić information content (AvgIpc) is 3.21. The van der Waals surface area contributed by atoms with Gasteiger partial charge in [0.25, 0.3) is 23.3 Å². The van der Waals surface area contributed by atoms with Gasteiger partial charge in [-0.1, -0.05) is 6.07 Å². The molecule has 0 aliphatic heterocycles. The number of nitrogens with zero attached hydrogens (tertiary/aromatic N) is 1. The highest BCUT2D eigenvalue weighted by molar-refractivity contribution is 6.06. The maximum Gasteiger partial charge on any atom is 0.272 e. The second kappa shape index (κ2) is 8.88. The number of H-pyrrole nitrogens is 1. The van der Waals surface area contributed by atoms with Crippen LogP contribution in [0.3, 0.4) is 0 Å². The Bertz CT molecular complexity index is 1160. The van der Waals surface area contributed by atoms with Crippen molar-refractivity contribution >= 4 is 29.1 Å². The Kier molecular flexibility index (Phi) is 6.08. The zero-order chi connectivity index (χ0) is 21.7. The summed E-state index contributed by atoms with van der Waals surface area (Å²) in [5.74, 6) is -1.62. The molecular weight excluding hydrogens is 390 g/mol. The molecule has 0 unspecified atom stereocenters. The van der Waals surface area contributed by atoms with Crippen molar-refractivity contribution < 1.29 is 19.5 Å². The third-order valence-electron chi connectivity index (χ3n) is 4.16. The van der Waals surface area contributed by atoms with Crippen molar-refractivity contribution in [3.05, 3.63) is 82.0 Å². The number of aromatic nitrogens is 2. The normalized spacial score (nSPS) is 10.4. The molecule has 3 amide bonds. The lowest BCUT2D eigenvalue weighted by Crippen LogP contribution is -2.23. The molecule has 30 heavy (non-hydrogen) atoms. The number of nitrogens with one attached hydrogen (secondary N) is 3. The molecule has 0 fully saturated rings. The lowest BCUT2D eigenvalue weighted by Gasteiger charge is -2.10. The predicted octanol–water partition coefficient (Wildman–Crippen LogP) is 0.772. The highest BCUT2D eigenvalue weighted by Crippen LogP contribution is 2.17. The first-order chi connectivity index (χ1) is 14.4. The van der Waals surface area contributed by atoms with Crippen molar-refractivity contribution in [2.45, 2.75) is 6.54 Å². The largest absolute Gasteiger partial charge is 0.395 e. The third kappa shape index (κ3) is 4.80. The summed E-state index contributed by atoms with van der Waals surface area (Å²) in [5, 5.41) is 14.3. The molecule has 0 aliphatic carbocycles. The first kappa shape index (κ1) is 20.6. The maximum absolute atomic E-state index is 12.5. The number of rotatable bonds is 7. The first-order valence-electron chi connectivity index (χ1n) is 8.90. The Morgan fingerprint density at radius 1 is 0.967 bits per heavy atom. The second-order valence-electron chi connectivity index (χ2n) is 6.31. The summed E-state index contributed by atoms with van der Waals surface area (Å²) in [6.45, 7) is -0.147. The van der Waals surface area contributed by atoms with Gasteiger partial charge in [0.2, 0.25) is 0 Å². The fourth-order valence-electron chi connectivity index (χ4n) is 2.70. The number of pyridine rings is 1. The molecule has 0 atom stereocenters. The molecule has 3 rings (SSSR count). The molecule has 0 saturated carbocycles. The number of hydrogen-bond donors (Lipinski definition) is 5. The van der Waals surface area contributed by atoms with Gasteiger partial charge in [-0.2, -0.15) is 0 Å². The Morgan fingerprint density at radius 2 is 1.63 bits per heavy atom. The number of aromatic amines is 1. The number of anilines is 2. The Morgan fingerprint density at radius 3 is 2.27 bits per heavy atom. The van der Waals surface area contributed by atoms with Crippen LogP contribution in [0.5, 0.6) is 0 Å². The van der Waals surface area contributed by atoms with Gasteiger partial charge >= 0.3 is 0 Å². The smallest absolute Gasteiger partial charge is 0.272 e. The van der Waals surface area contributed by atoms with E-state index >= 15 is 0 Å². The second-order valence-corrected chi connectivity index (χ2v) is 6.31. The van der Waals surface area contributed by atoms with Crippen molar-refractivity contribution in [2.75, 3.05) is 17.2 Å². The molecule has 10 heteroatoms. The summed E-state index contributed by atoms with van der Waals surface area (Å²) >= 11 is 0. The minimum absolute atomic E-state index is 0.0810. The summed E-state index contributed by atoms with van der Waals surface area (Å²) < 4.78 is 1.24. The number of benzene rings is 1. The van der Waals surface area contributed by atoms with E-state index in [4.69, 9.17) is 10.8 Å². The molecule has 0 radical (unpaired) electrons. The topological polar surface area (TPSA) is 159 Å². The van der Waals surface area contributed by atoms with Gasteiger partial charge in [-0.15, -0.1) is 0 Å². The molecule has 0 bridgehead atoms. The predicted molar refractivity (Wildman–Crippen MR) is 109 cm³/mol. The number of amides is 3. The molecule has 3 aromatic rings. The van der Waals surface area contributed by atoms with Gasteiger partial charge in [0.05, 0.1) is 12.2 Å². The van der Waals surface area contributed by atoms with Gasteiger partial charge < -0.3 is 31.0 Å². The summed E-state index contributed by atoms with van der Waals surface area (Å²) in [4.78, 5) is 50.2. The van der Waals surface area contributed by atoms with Gasteiger partial charge in [0.15, 0.2) is 0 Å². The lowest BCUT2D eigenvalue weighted by molar-refractivity contribution is 0.0993. The fourth-order valence-corrected chi connectivity index (χ4v) is 2.70. The number of hydrogen-bond acceptors (Lipinski definition) is 5. The van der Waals surface area contributed by atoms with Gasteiger partial charge in [-0.3, -0.25) is 19.2 Å². The van der Waals surface area contributed by atoms with Crippen LogP contribution in [0.2, 0.25) is 0 Å². The zero-order valence-corrected chi connectivity index (χ0v) is 15.7. The number of carbonyl (C=O) groups excluding carboxylic acids is 3. The molecule has 2 aromatic heterocycles. The van der Waals surface area contributed by atoms with E-state index in [1.54, 1.807) is 24.3 Å². The number of carbonyl (C=O) groups is 3. The molecule has 0 spiro atoms.